The van der Waals surface area contributed by atoms with Crippen LogP contribution in [0.25, 0.3) is 0 Å². The Labute approximate surface area is 96.4 Å². The highest BCUT2D eigenvalue weighted by molar-refractivity contribution is 5.86. The number of hydrogen-bond donors (Lipinski definition) is 2. The zero-order chi connectivity index (χ0) is 12.3. The van der Waals surface area contributed by atoms with Crippen LogP contribution in [-0.4, -0.2) is 42.4 Å². The minimum absolute atomic E-state index is 0.0303. The number of piperazine rings is 1. The summed E-state index contributed by atoms with van der Waals surface area (Å²) in [6.07, 6.45) is 0.302. The van der Waals surface area contributed by atoms with Crippen LogP contribution in [0.15, 0.2) is 0 Å². The maximum absolute atomic E-state index is 11.9. The van der Waals surface area contributed by atoms with Crippen LogP contribution in [0.2, 0.25) is 0 Å². The van der Waals surface area contributed by atoms with Crippen molar-refractivity contribution in [3.8, 4) is 0 Å². The molecule has 1 unspecified atom stereocenters. The molecular weight excluding hydrogens is 206 g/mol. The fourth-order valence-corrected chi connectivity index (χ4v) is 1.47. The number of carbonyl (C=O) groups excluding carboxylic acids is 2. The number of carbonyl (C=O) groups is 2. The molecule has 1 heterocycles. The molecule has 0 aromatic carbocycles. The molecule has 1 aliphatic rings. The first kappa shape index (κ1) is 13.0. The highest BCUT2D eigenvalue weighted by atomic mass is 16.2. The molecule has 5 nitrogen and oxygen atoms in total. The first-order valence-corrected chi connectivity index (χ1v) is 5.61. The fraction of sp³-hybridized carbons (Fsp3) is 0.818. The maximum Gasteiger partial charge on any atom is 0.239 e. The molecule has 5 heteroatoms. The van der Waals surface area contributed by atoms with Crippen LogP contribution in [0.3, 0.4) is 0 Å². The van der Waals surface area contributed by atoms with Crippen LogP contribution in [0.4, 0.5) is 0 Å². The van der Waals surface area contributed by atoms with Gasteiger partial charge in [0.15, 0.2) is 0 Å². The largest absolute Gasteiger partial charge is 0.353 e. The molecular formula is C11H21N3O2. The molecule has 1 rings (SSSR count). The monoisotopic (exact) mass is 227 g/mol. The molecule has 0 spiro atoms. The van der Waals surface area contributed by atoms with Crippen molar-refractivity contribution in [1.82, 2.24) is 10.2 Å². The Balaban J connectivity index is 2.49. The van der Waals surface area contributed by atoms with Crippen molar-refractivity contribution in [1.29, 1.82) is 0 Å². The summed E-state index contributed by atoms with van der Waals surface area (Å²) < 4.78 is 0. The van der Waals surface area contributed by atoms with Crippen molar-refractivity contribution in [2.75, 3.05) is 19.6 Å². The van der Waals surface area contributed by atoms with E-state index in [1.165, 1.54) is 0 Å². The Bertz CT molecular complexity index is 283. The normalized spacial score (nSPS) is 19.2. The molecule has 16 heavy (non-hydrogen) atoms. The zero-order valence-electron chi connectivity index (χ0n) is 10.2. The number of hydrogen-bond acceptors (Lipinski definition) is 3. The molecule has 0 saturated carbocycles. The minimum Gasteiger partial charge on any atom is -0.353 e. The van der Waals surface area contributed by atoms with Crippen molar-refractivity contribution in [2.45, 2.75) is 33.2 Å². The van der Waals surface area contributed by atoms with Crippen LogP contribution in [0, 0.1) is 5.41 Å². The van der Waals surface area contributed by atoms with Gasteiger partial charge >= 0.3 is 0 Å². The van der Waals surface area contributed by atoms with Gasteiger partial charge in [0.25, 0.3) is 0 Å². The molecule has 1 saturated heterocycles. The minimum atomic E-state index is -0.176. The quantitative estimate of drug-likeness (QED) is 0.680. The van der Waals surface area contributed by atoms with Gasteiger partial charge in [0.05, 0.1) is 6.54 Å². The van der Waals surface area contributed by atoms with Crippen LogP contribution >= 0.6 is 0 Å². The first-order chi connectivity index (χ1) is 7.30. The predicted octanol–water partition coefficient (Wildman–Crippen LogP) is -0.292. The van der Waals surface area contributed by atoms with Crippen LogP contribution in [0.5, 0.6) is 0 Å². The van der Waals surface area contributed by atoms with E-state index in [1.807, 2.05) is 20.8 Å². The van der Waals surface area contributed by atoms with E-state index in [0.717, 1.165) is 0 Å². The molecule has 0 radical (unpaired) electrons. The van der Waals surface area contributed by atoms with Crippen LogP contribution in [-0.2, 0) is 9.59 Å². The second kappa shape index (κ2) is 4.82. The summed E-state index contributed by atoms with van der Waals surface area (Å²) in [5.41, 5.74) is 5.86. The van der Waals surface area contributed by atoms with Crippen LogP contribution in [0.1, 0.15) is 27.2 Å². The zero-order valence-corrected chi connectivity index (χ0v) is 10.2. The van der Waals surface area contributed by atoms with E-state index < -0.39 is 0 Å². The number of nitrogens with one attached hydrogen (secondary N) is 1. The number of amides is 2. The molecule has 0 aliphatic carbocycles. The van der Waals surface area contributed by atoms with Crippen molar-refractivity contribution >= 4 is 11.8 Å². The van der Waals surface area contributed by atoms with E-state index in [0.29, 0.717) is 19.5 Å². The van der Waals surface area contributed by atoms with E-state index in [2.05, 4.69) is 5.32 Å². The van der Waals surface area contributed by atoms with Crippen molar-refractivity contribution < 1.29 is 9.59 Å². The summed E-state index contributed by atoms with van der Waals surface area (Å²) in [5.74, 6) is -0.124. The third-order valence-electron chi connectivity index (χ3n) is 2.90. The van der Waals surface area contributed by atoms with Gasteiger partial charge in [-0.15, -0.1) is 0 Å². The van der Waals surface area contributed by atoms with E-state index in [4.69, 9.17) is 5.73 Å². The summed E-state index contributed by atoms with van der Waals surface area (Å²) in [6, 6.07) is -0.176. The molecule has 1 atom stereocenters. The Morgan fingerprint density at radius 2 is 2.19 bits per heavy atom. The summed E-state index contributed by atoms with van der Waals surface area (Å²) in [5, 5.41) is 2.69. The standard InChI is InChI=1S/C11H21N3O2/c1-11(2,3)8(12)6-10(16)14-5-4-13-9(15)7-14/h8H,4-7,12H2,1-3H3,(H,13,15). The SMILES string of the molecule is CC(C)(C)C(N)CC(=O)N1CCNC(=O)C1. The fourth-order valence-electron chi connectivity index (χ4n) is 1.47. The predicted molar refractivity (Wildman–Crippen MR) is 61.6 cm³/mol. The van der Waals surface area contributed by atoms with Gasteiger partial charge in [-0.05, 0) is 5.41 Å². The Morgan fingerprint density at radius 1 is 1.56 bits per heavy atom. The molecule has 2 amide bonds. The second-order valence-corrected chi connectivity index (χ2v) is 5.34. The number of nitrogens with zero attached hydrogens (tertiary/aromatic N) is 1. The molecule has 92 valence electrons. The lowest BCUT2D eigenvalue weighted by Gasteiger charge is -2.31. The topological polar surface area (TPSA) is 75.4 Å². The lowest BCUT2D eigenvalue weighted by atomic mass is 9.85. The van der Waals surface area contributed by atoms with Gasteiger partial charge in [0.2, 0.25) is 11.8 Å². The van der Waals surface area contributed by atoms with Crippen molar-refractivity contribution in [3.63, 3.8) is 0 Å². The number of rotatable bonds is 2. The van der Waals surface area contributed by atoms with Gasteiger partial charge in [-0.3, -0.25) is 9.59 Å². The lowest BCUT2D eigenvalue weighted by molar-refractivity contribution is -0.138. The van der Waals surface area contributed by atoms with Crippen molar-refractivity contribution in [2.24, 2.45) is 11.1 Å². The number of nitrogens with two attached hydrogens (primary N) is 1. The highest BCUT2D eigenvalue weighted by Crippen LogP contribution is 2.20. The van der Waals surface area contributed by atoms with E-state index >= 15 is 0 Å². The first-order valence-electron chi connectivity index (χ1n) is 5.61. The van der Waals surface area contributed by atoms with E-state index in [1.54, 1.807) is 4.90 Å². The van der Waals surface area contributed by atoms with E-state index in [-0.39, 0.29) is 29.8 Å². The smallest absolute Gasteiger partial charge is 0.239 e. The molecule has 1 fully saturated rings. The molecule has 0 bridgehead atoms. The van der Waals surface area contributed by atoms with Crippen molar-refractivity contribution in [3.05, 3.63) is 0 Å². The summed E-state index contributed by atoms with van der Waals surface area (Å²) >= 11 is 0. The van der Waals surface area contributed by atoms with Gasteiger partial charge < -0.3 is 16.0 Å². The van der Waals surface area contributed by atoms with Crippen LogP contribution < -0.4 is 11.1 Å². The summed E-state index contributed by atoms with van der Waals surface area (Å²) in [6.45, 7) is 7.31. The van der Waals surface area contributed by atoms with Gasteiger partial charge in [-0.2, -0.15) is 0 Å². The summed E-state index contributed by atoms with van der Waals surface area (Å²) in [7, 11) is 0. The van der Waals surface area contributed by atoms with E-state index in [9.17, 15) is 9.59 Å². The van der Waals surface area contributed by atoms with Gasteiger partial charge in [0, 0.05) is 25.6 Å². The molecule has 1 aliphatic heterocycles. The lowest BCUT2D eigenvalue weighted by Crippen LogP contribution is -2.51. The van der Waals surface area contributed by atoms with Gasteiger partial charge in [-0.25, -0.2) is 0 Å². The average molecular weight is 227 g/mol. The third-order valence-corrected chi connectivity index (χ3v) is 2.90. The van der Waals surface area contributed by atoms with Gasteiger partial charge in [0.1, 0.15) is 0 Å². The van der Waals surface area contributed by atoms with Gasteiger partial charge in [-0.1, -0.05) is 20.8 Å². The Hall–Kier alpha value is -1.10. The highest BCUT2D eigenvalue weighted by Gasteiger charge is 2.27. The molecule has 0 aromatic rings. The summed E-state index contributed by atoms with van der Waals surface area (Å²) in [4.78, 5) is 24.6. The Morgan fingerprint density at radius 3 is 2.69 bits per heavy atom. The Kier molecular flexibility index (Phi) is 3.91. The third kappa shape index (κ3) is 3.48. The molecule has 0 aromatic heterocycles. The molecule has 3 N–H and O–H groups in total. The maximum atomic E-state index is 11.9. The second-order valence-electron chi connectivity index (χ2n) is 5.34. The average Bonchev–Trinajstić information content (AvgIpc) is 2.16.